The molecule has 0 spiro atoms. The van der Waals surface area contributed by atoms with E-state index in [-0.39, 0.29) is 0 Å². The number of rotatable bonds is 11. The van der Waals surface area contributed by atoms with Gasteiger partial charge in [0, 0.05) is 30.6 Å². The normalized spacial score (nSPS) is 11.5. The molecule has 10 heteroatoms. The molecule has 0 saturated heterocycles. The van der Waals surface area contributed by atoms with Crippen LogP contribution in [0.25, 0.3) is 10.8 Å². The second kappa shape index (κ2) is 15.1. The van der Waals surface area contributed by atoms with Gasteiger partial charge < -0.3 is 14.4 Å². The van der Waals surface area contributed by atoms with E-state index in [9.17, 15) is 4.79 Å². The van der Waals surface area contributed by atoms with Crippen molar-refractivity contribution in [2.45, 2.75) is 19.8 Å². The average Bonchev–Trinajstić information content (AvgIpc) is 3.07. The highest BCUT2D eigenvalue weighted by atomic mass is 16.7. The minimum atomic E-state index is -0.720. The quantitative estimate of drug-likeness (QED) is 0.0650. The lowest BCUT2D eigenvalue weighted by Gasteiger charge is -2.11. The predicted molar refractivity (Wildman–Crippen MR) is 177 cm³/mol. The van der Waals surface area contributed by atoms with E-state index in [1.54, 1.807) is 24.3 Å². The Bertz CT molecular complexity index is 1820. The van der Waals surface area contributed by atoms with Gasteiger partial charge in [-0.05, 0) is 91.3 Å². The number of ether oxygens (including phenoxy) is 2. The zero-order valence-electron chi connectivity index (χ0n) is 25.4. The Kier molecular flexibility index (Phi) is 10.3. The van der Waals surface area contributed by atoms with Gasteiger partial charge in [0.15, 0.2) is 0 Å². The monoisotopic (exact) mass is 599 g/mol. The second-order valence-electron chi connectivity index (χ2n) is 10.2. The van der Waals surface area contributed by atoms with E-state index in [2.05, 4.69) is 30.7 Å². The number of unbranched alkanes of at least 4 members (excludes halogenated alkanes) is 1. The van der Waals surface area contributed by atoms with Crippen LogP contribution in [0.3, 0.4) is 0 Å². The summed E-state index contributed by atoms with van der Waals surface area (Å²) in [5.41, 5.74) is 5.31. The molecule has 5 aromatic carbocycles. The van der Waals surface area contributed by atoms with Crippen molar-refractivity contribution in [1.82, 2.24) is 0 Å². The third-order valence-corrected chi connectivity index (χ3v) is 6.68. The summed E-state index contributed by atoms with van der Waals surface area (Å²) in [5, 5.41) is 28.2. The number of carbonyl (C=O) groups is 1. The van der Waals surface area contributed by atoms with E-state index in [1.807, 2.05) is 111 Å². The Hall–Kier alpha value is -5.77. The molecule has 5 rings (SSSR count). The zero-order valence-corrected chi connectivity index (χ0v) is 25.4. The second-order valence-corrected chi connectivity index (χ2v) is 10.2. The number of benzene rings is 5. The molecule has 0 heterocycles. The van der Waals surface area contributed by atoms with Crippen LogP contribution in [0, 0.1) is 0 Å². The number of nitrogens with zero attached hydrogens (tertiary/aromatic N) is 7. The molecule has 0 aromatic heterocycles. The Morgan fingerprint density at radius 1 is 0.600 bits per heavy atom. The molecule has 5 aromatic rings. The van der Waals surface area contributed by atoms with Crippen molar-refractivity contribution in [3.63, 3.8) is 0 Å². The molecule has 226 valence electrons. The number of hydrogen-bond donors (Lipinski definition) is 0. The van der Waals surface area contributed by atoms with Gasteiger partial charge in [0.25, 0.3) is 0 Å². The first kappa shape index (κ1) is 30.7. The summed E-state index contributed by atoms with van der Waals surface area (Å²) >= 11 is 0. The molecule has 0 amide bonds. The van der Waals surface area contributed by atoms with Gasteiger partial charge in [-0.2, -0.15) is 20.5 Å². The average molecular weight is 600 g/mol. The number of hydrogen-bond acceptors (Lipinski definition) is 10. The number of anilines is 1. The van der Waals surface area contributed by atoms with E-state index in [1.165, 1.54) is 0 Å². The fraction of sp³-hybridized carbons (Fsp3) is 0.171. The predicted octanol–water partition coefficient (Wildman–Crippen LogP) is 11.5. The van der Waals surface area contributed by atoms with Crippen molar-refractivity contribution < 1.29 is 14.3 Å². The first-order valence-electron chi connectivity index (χ1n) is 14.6. The van der Waals surface area contributed by atoms with Crippen LogP contribution in [0.1, 0.15) is 19.8 Å². The lowest BCUT2D eigenvalue weighted by molar-refractivity contribution is 0.0978. The molecule has 0 aliphatic carbocycles. The third kappa shape index (κ3) is 8.64. The maximum absolute atomic E-state index is 11.8. The van der Waals surface area contributed by atoms with Gasteiger partial charge in [-0.1, -0.05) is 37.6 Å². The molecule has 0 aliphatic rings. The highest BCUT2D eigenvalue weighted by Crippen LogP contribution is 2.35. The number of azo groups is 3. The van der Waals surface area contributed by atoms with Crippen LogP contribution in [-0.2, 0) is 4.74 Å². The highest BCUT2D eigenvalue weighted by molar-refractivity contribution is 5.99. The molecular weight excluding hydrogens is 566 g/mol. The number of carbonyl (C=O) groups excluding carboxylic acids is 1. The summed E-state index contributed by atoms with van der Waals surface area (Å²) in [6, 6.07) is 33.6. The fourth-order valence-electron chi connectivity index (χ4n) is 4.19. The standard InChI is InChI=1S/C35H33N7O3/c1-4-5-24-44-35(43)45-30-20-16-28(17-21-30)39-41-34-23-22-33(31-8-6-7-9-32(31)34)40-38-26-12-10-25(11-13-26)36-37-27-14-18-29(19-15-27)42(2)3/h6-23H,4-5,24H2,1-3H3. The van der Waals surface area contributed by atoms with E-state index in [0.717, 1.165) is 40.7 Å². The highest BCUT2D eigenvalue weighted by Gasteiger charge is 2.07. The molecule has 0 atom stereocenters. The van der Waals surface area contributed by atoms with Gasteiger partial charge in [0.05, 0.1) is 40.7 Å². The SMILES string of the molecule is CCCCOC(=O)Oc1ccc(N=Nc2ccc(N=Nc3ccc(N=Nc4ccc(N(C)C)cc4)cc3)c3ccccc23)cc1. The van der Waals surface area contributed by atoms with Crippen molar-refractivity contribution in [1.29, 1.82) is 0 Å². The molecule has 0 fully saturated rings. The van der Waals surface area contributed by atoms with Crippen LogP contribution in [0.2, 0.25) is 0 Å². The molecule has 0 aliphatic heterocycles. The Balaban J connectivity index is 1.24. The van der Waals surface area contributed by atoms with Crippen LogP contribution < -0.4 is 9.64 Å². The van der Waals surface area contributed by atoms with Crippen molar-refractivity contribution in [3.8, 4) is 5.75 Å². The minimum absolute atomic E-state index is 0.338. The maximum Gasteiger partial charge on any atom is 0.513 e. The largest absolute Gasteiger partial charge is 0.513 e. The Labute approximate surface area is 261 Å². The molecule has 45 heavy (non-hydrogen) atoms. The van der Waals surface area contributed by atoms with Crippen molar-refractivity contribution in [2.75, 3.05) is 25.6 Å². The summed E-state index contributed by atoms with van der Waals surface area (Å²) in [6.45, 7) is 2.36. The van der Waals surface area contributed by atoms with Crippen LogP contribution in [0.15, 0.2) is 140 Å². The smallest absolute Gasteiger partial charge is 0.434 e. The fourth-order valence-corrected chi connectivity index (χ4v) is 4.19. The van der Waals surface area contributed by atoms with Gasteiger partial charge in [-0.25, -0.2) is 4.79 Å². The van der Waals surface area contributed by atoms with Gasteiger partial charge in [-0.3, -0.25) is 0 Å². The van der Waals surface area contributed by atoms with Crippen molar-refractivity contribution in [3.05, 3.63) is 109 Å². The van der Waals surface area contributed by atoms with Gasteiger partial charge in [0.1, 0.15) is 5.75 Å². The molecule has 0 unspecified atom stereocenters. The minimum Gasteiger partial charge on any atom is -0.434 e. The topological polar surface area (TPSA) is 113 Å². The van der Waals surface area contributed by atoms with Gasteiger partial charge in [0.2, 0.25) is 0 Å². The molecule has 0 saturated carbocycles. The number of fused-ring (bicyclic) bond motifs is 1. The summed E-state index contributed by atoms with van der Waals surface area (Å²) < 4.78 is 10.2. The molecule has 0 bridgehead atoms. The van der Waals surface area contributed by atoms with Crippen LogP contribution >= 0.6 is 0 Å². The van der Waals surface area contributed by atoms with E-state index >= 15 is 0 Å². The molecule has 0 radical (unpaired) electrons. The third-order valence-electron chi connectivity index (χ3n) is 6.68. The van der Waals surface area contributed by atoms with Crippen molar-refractivity contribution >= 4 is 56.7 Å². The van der Waals surface area contributed by atoms with E-state index < -0.39 is 6.16 Å². The lowest BCUT2D eigenvalue weighted by Crippen LogP contribution is -2.11. The Morgan fingerprint density at radius 2 is 1.04 bits per heavy atom. The summed E-state index contributed by atoms with van der Waals surface area (Å²) in [4.78, 5) is 13.8. The lowest BCUT2D eigenvalue weighted by atomic mass is 10.1. The van der Waals surface area contributed by atoms with Gasteiger partial charge in [-0.15, -0.1) is 10.2 Å². The van der Waals surface area contributed by atoms with E-state index in [0.29, 0.717) is 35.1 Å². The van der Waals surface area contributed by atoms with Crippen LogP contribution in [-0.4, -0.2) is 26.9 Å². The van der Waals surface area contributed by atoms with Gasteiger partial charge >= 0.3 is 6.16 Å². The van der Waals surface area contributed by atoms with Crippen LogP contribution in [0.4, 0.5) is 44.6 Å². The zero-order chi connectivity index (χ0) is 31.4. The summed E-state index contributed by atoms with van der Waals surface area (Å²) in [6.07, 6.45) is 1.01. The van der Waals surface area contributed by atoms with Crippen LogP contribution in [0.5, 0.6) is 5.75 Å². The Morgan fingerprint density at radius 3 is 1.51 bits per heavy atom. The first-order valence-corrected chi connectivity index (χ1v) is 14.6. The molecular formula is C35H33N7O3. The van der Waals surface area contributed by atoms with E-state index in [4.69, 9.17) is 9.47 Å². The summed E-state index contributed by atoms with van der Waals surface area (Å²) in [7, 11) is 4.00. The first-order chi connectivity index (χ1) is 22.0. The summed E-state index contributed by atoms with van der Waals surface area (Å²) in [5.74, 6) is 0.376. The molecule has 0 N–H and O–H groups in total. The molecule has 10 nitrogen and oxygen atoms in total. The maximum atomic E-state index is 11.8. The van der Waals surface area contributed by atoms with Crippen molar-refractivity contribution in [2.24, 2.45) is 30.7 Å².